The van der Waals surface area contributed by atoms with Gasteiger partial charge in [-0.05, 0) is 74.4 Å². The summed E-state index contributed by atoms with van der Waals surface area (Å²) in [6, 6.07) is 19.0. The second kappa shape index (κ2) is 13.5. The number of hydrogen-bond donors (Lipinski definition) is 1. The first-order chi connectivity index (χ1) is 18.6. The number of halogens is 1. The maximum absolute atomic E-state index is 13.9. The van der Waals surface area contributed by atoms with E-state index in [1.54, 1.807) is 67.6 Å². The smallest absolute Gasteiger partial charge is 0.264 e. The van der Waals surface area contributed by atoms with Crippen LogP contribution in [0.2, 0.25) is 5.02 Å². The number of nitrogens with one attached hydrogen (secondary N) is 1. The molecule has 0 heterocycles. The maximum atomic E-state index is 13.9. The van der Waals surface area contributed by atoms with Gasteiger partial charge in [-0.1, -0.05) is 48.4 Å². The molecule has 0 spiro atoms. The second-order valence-electron chi connectivity index (χ2n) is 8.99. The Kier molecular flexibility index (Phi) is 10.4. The third-order valence-corrected chi connectivity index (χ3v) is 8.29. The van der Waals surface area contributed by atoms with Gasteiger partial charge in [-0.25, -0.2) is 8.42 Å². The summed E-state index contributed by atoms with van der Waals surface area (Å²) >= 11 is 6.04. The molecule has 0 bridgehead atoms. The number of aryl methyl sites for hydroxylation is 1. The lowest BCUT2D eigenvalue weighted by molar-refractivity contribution is -0.140. The van der Waals surface area contributed by atoms with Crippen LogP contribution in [0.5, 0.6) is 5.75 Å². The number of nitrogens with zero attached hydrogens (tertiary/aromatic N) is 2. The summed E-state index contributed by atoms with van der Waals surface area (Å²) in [6.45, 7) is 5.52. The van der Waals surface area contributed by atoms with Crippen molar-refractivity contribution in [1.82, 2.24) is 10.2 Å². The molecular formula is C29H34ClN3O5S. The van der Waals surface area contributed by atoms with Gasteiger partial charge in [0.25, 0.3) is 10.0 Å². The maximum Gasteiger partial charge on any atom is 0.264 e. The van der Waals surface area contributed by atoms with Crippen LogP contribution in [0, 0.1) is 6.92 Å². The molecule has 0 aliphatic heterocycles. The average molecular weight is 572 g/mol. The number of anilines is 1. The van der Waals surface area contributed by atoms with E-state index in [9.17, 15) is 18.0 Å². The Balaban J connectivity index is 2.04. The van der Waals surface area contributed by atoms with E-state index in [-0.39, 0.29) is 17.3 Å². The number of hydrogen-bond acceptors (Lipinski definition) is 5. The Morgan fingerprint density at radius 3 is 2.10 bits per heavy atom. The summed E-state index contributed by atoms with van der Waals surface area (Å²) in [7, 11) is -2.65. The van der Waals surface area contributed by atoms with Gasteiger partial charge in [0.15, 0.2) is 0 Å². The van der Waals surface area contributed by atoms with Crippen LogP contribution in [-0.4, -0.2) is 51.4 Å². The Labute approximate surface area is 235 Å². The molecule has 0 saturated heterocycles. The fraction of sp³-hybridized carbons (Fsp3) is 0.310. The highest BCUT2D eigenvalue weighted by Crippen LogP contribution is 2.26. The minimum absolute atomic E-state index is 0.0108. The molecule has 2 amide bonds. The van der Waals surface area contributed by atoms with Gasteiger partial charge >= 0.3 is 0 Å². The summed E-state index contributed by atoms with van der Waals surface area (Å²) in [5.74, 6) is -0.309. The number of ether oxygens (including phenoxy) is 1. The van der Waals surface area contributed by atoms with Crippen LogP contribution < -0.4 is 14.4 Å². The number of methoxy groups -OCH3 is 1. The molecule has 0 aliphatic carbocycles. The van der Waals surface area contributed by atoms with E-state index < -0.39 is 28.5 Å². The number of carbonyl (C=O) groups excluding carboxylic acids is 2. The van der Waals surface area contributed by atoms with Crippen molar-refractivity contribution in [1.29, 1.82) is 0 Å². The number of carbonyl (C=O) groups is 2. The van der Waals surface area contributed by atoms with Crippen molar-refractivity contribution in [3.05, 3.63) is 88.9 Å². The zero-order valence-electron chi connectivity index (χ0n) is 22.6. The highest BCUT2D eigenvalue weighted by molar-refractivity contribution is 7.92. The monoisotopic (exact) mass is 571 g/mol. The van der Waals surface area contributed by atoms with Crippen molar-refractivity contribution in [2.45, 2.75) is 44.7 Å². The average Bonchev–Trinajstić information content (AvgIpc) is 2.93. The Hall–Kier alpha value is -3.56. The van der Waals surface area contributed by atoms with Crippen molar-refractivity contribution < 1.29 is 22.7 Å². The van der Waals surface area contributed by atoms with Crippen LogP contribution >= 0.6 is 11.6 Å². The first kappa shape index (κ1) is 30.0. The predicted octanol–water partition coefficient (Wildman–Crippen LogP) is 4.80. The number of rotatable bonds is 12. The lowest BCUT2D eigenvalue weighted by atomic mass is 10.1. The van der Waals surface area contributed by atoms with E-state index >= 15 is 0 Å². The standard InChI is InChI=1S/C29H34ClN3O5S/c1-5-27(29(35)31-6-2)32(19-22-9-11-23(30)12-10-22)28(34)20-33(24-13-7-21(3)8-14-24)39(36,37)26-17-15-25(38-4)16-18-26/h7-18,27H,5-6,19-20H2,1-4H3,(H,31,35)/t27-/m0/s1. The first-order valence-electron chi connectivity index (χ1n) is 12.7. The van der Waals surface area contributed by atoms with Crippen molar-refractivity contribution in [3.8, 4) is 5.75 Å². The molecule has 0 aromatic heterocycles. The molecule has 208 valence electrons. The Morgan fingerprint density at radius 2 is 1.56 bits per heavy atom. The summed E-state index contributed by atoms with van der Waals surface area (Å²) < 4.78 is 34.0. The van der Waals surface area contributed by atoms with E-state index in [4.69, 9.17) is 16.3 Å². The quantitative estimate of drug-likeness (QED) is 0.337. The highest BCUT2D eigenvalue weighted by atomic mass is 35.5. The van der Waals surface area contributed by atoms with E-state index in [2.05, 4.69) is 5.32 Å². The molecule has 1 atom stereocenters. The molecule has 10 heteroatoms. The van der Waals surface area contributed by atoms with Gasteiger partial charge in [0.1, 0.15) is 18.3 Å². The van der Waals surface area contributed by atoms with Gasteiger partial charge in [0, 0.05) is 18.1 Å². The van der Waals surface area contributed by atoms with Crippen molar-refractivity contribution in [2.75, 3.05) is 24.5 Å². The van der Waals surface area contributed by atoms with Crippen LogP contribution in [0.1, 0.15) is 31.4 Å². The SMILES string of the molecule is CCNC(=O)[C@H](CC)N(Cc1ccc(Cl)cc1)C(=O)CN(c1ccc(C)cc1)S(=O)(=O)c1ccc(OC)cc1. The van der Waals surface area contributed by atoms with Crippen LogP contribution in [0.25, 0.3) is 0 Å². The van der Waals surface area contributed by atoms with E-state index in [0.717, 1.165) is 15.4 Å². The van der Waals surface area contributed by atoms with Crippen LogP contribution in [0.15, 0.2) is 77.7 Å². The molecule has 1 N–H and O–H groups in total. The van der Waals surface area contributed by atoms with E-state index in [1.165, 1.54) is 24.1 Å². The normalized spacial score (nSPS) is 11.9. The van der Waals surface area contributed by atoms with Crippen LogP contribution in [-0.2, 0) is 26.2 Å². The molecule has 3 rings (SSSR count). The molecule has 0 saturated carbocycles. The number of likely N-dealkylation sites (N-methyl/N-ethyl adjacent to an activating group) is 1. The van der Waals surface area contributed by atoms with Gasteiger partial charge in [-0.15, -0.1) is 0 Å². The zero-order valence-corrected chi connectivity index (χ0v) is 24.1. The molecule has 0 radical (unpaired) electrons. The molecule has 0 aliphatic rings. The van der Waals surface area contributed by atoms with Crippen molar-refractivity contribution >= 4 is 39.1 Å². The second-order valence-corrected chi connectivity index (χ2v) is 11.3. The topological polar surface area (TPSA) is 96.0 Å². The summed E-state index contributed by atoms with van der Waals surface area (Å²) in [5.41, 5.74) is 2.04. The van der Waals surface area contributed by atoms with Crippen molar-refractivity contribution in [3.63, 3.8) is 0 Å². The van der Waals surface area contributed by atoms with E-state index in [0.29, 0.717) is 29.4 Å². The minimum atomic E-state index is -4.15. The van der Waals surface area contributed by atoms with Gasteiger partial charge < -0.3 is 15.0 Å². The lowest BCUT2D eigenvalue weighted by Gasteiger charge is -2.33. The van der Waals surface area contributed by atoms with E-state index in [1.807, 2.05) is 13.8 Å². The molecule has 0 fully saturated rings. The highest BCUT2D eigenvalue weighted by Gasteiger charge is 2.33. The molecule has 0 unspecified atom stereocenters. The molecule has 8 nitrogen and oxygen atoms in total. The van der Waals surface area contributed by atoms with Gasteiger partial charge in [0.2, 0.25) is 11.8 Å². The van der Waals surface area contributed by atoms with Crippen LogP contribution in [0.3, 0.4) is 0 Å². The van der Waals surface area contributed by atoms with Crippen molar-refractivity contribution in [2.24, 2.45) is 0 Å². The summed E-state index contributed by atoms with van der Waals surface area (Å²) in [6.07, 6.45) is 0.348. The van der Waals surface area contributed by atoms with Crippen LogP contribution in [0.4, 0.5) is 5.69 Å². The van der Waals surface area contributed by atoms with Gasteiger partial charge in [-0.3, -0.25) is 13.9 Å². The third kappa shape index (κ3) is 7.52. The largest absolute Gasteiger partial charge is 0.497 e. The fourth-order valence-corrected chi connectivity index (χ4v) is 5.65. The molecular weight excluding hydrogens is 538 g/mol. The third-order valence-electron chi connectivity index (χ3n) is 6.25. The van der Waals surface area contributed by atoms with Gasteiger partial charge in [0.05, 0.1) is 17.7 Å². The molecule has 3 aromatic rings. The number of sulfonamides is 1. The minimum Gasteiger partial charge on any atom is -0.497 e. The Morgan fingerprint density at radius 1 is 0.949 bits per heavy atom. The lowest BCUT2D eigenvalue weighted by Crippen LogP contribution is -2.52. The summed E-state index contributed by atoms with van der Waals surface area (Å²) in [5, 5.41) is 3.33. The predicted molar refractivity (Wildman–Crippen MR) is 153 cm³/mol. The Bertz CT molecular complexity index is 1360. The van der Waals surface area contributed by atoms with Gasteiger partial charge in [-0.2, -0.15) is 0 Å². The number of benzene rings is 3. The number of amides is 2. The molecule has 39 heavy (non-hydrogen) atoms. The fourth-order valence-electron chi connectivity index (χ4n) is 4.11. The summed E-state index contributed by atoms with van der Waals surface area (Å²) in [4.78, 5) is 28.4. The first-order valence-corrected chi connectivity index (χ1v) is 14.5. The zero-order chi connectivity index (χ0) is 28.6. The molecule has 3 aromatic carbocycles.